The minimum absolute atomic E-state index is 0.112. The lowest BCUT2D eigenvalue weighted by molar-refractivity contribution is 0.698. The van der Waals surface area contributed by atoms with Crippen molar-refractivity contribution in [3.8, 4) is 0 Å². The summed E-state index contributed by atoms with van der Waals surface area (Å²) in [6, 6.07) is 0.112. The minimum atomic E-state index is 0.112. The maximum absolute atomic E-state index is 6.08. The van der Waals surface area contributed by atoms with E-state index in [2.05, 4.69) is 23.8 Å². The smallest absolute Gasteiger partial charge is 0.117 e. The summed E-state index contributed by atoms with van der Waals surface area (Å²) >= 11 is 1.75. The van der Waals surface area contributed by atoms with Gasteiger partial charge in [-0.1, -0.05) is 19.8 Å². The van der Waals surface area contributed by atoms with Crippen molar-refractivity contribution < 1.29 is 0 Å². The SMILES string of the molecule is CCc1cnc(C(C)N=C(N)C2CCCC2)s1. The van der Waals surface area contributed by atoms with Crippen LogP contribution in [0.5, 0.6) is 0 Å². The van der Waals surface area contributed by atoms with Gasteiger partial charge in [0.15, 0.2) is 0 Å². The molecule has 1 aromatic rings. The molecule has 1 heterocycles. The first-order valence-corrected chi connectivity index (χ1v) is 7.30. The lowest BCUT2D eigenvalue weighted by Crippen LogP contribution is -2.22. The monoisotopic (exact) mass is 251 g/mol. The molecule has 1 fully saturated rings. The van der Waals surface area contributed by atoms with Gasteiger partial charge in [0.25, 0.3) is 0 Å². The second-order valence-electron chi connectivity index (χ2n) is 4.73. The molecule has 0 saturated heterocycles. The molecule has 0 aliphatic heterocycles. The molecule has 0 radical (unpaired) electrons. The molecule has 1 aromatic heterocycles. The van der Waals surface area contributed by atoms with Crippen LogP contribution in [0.15, 0.2) is 11.2 Å². The second kappa shape index (κ2) is 5.63. The van der Waals surface area contributed by atoms with E-state index in [-0.39, 0.29) is 6.04 Å². The molecule has 0 aromatic carbocycles. The molecular weight excluding hydrogens is 230 g/mol. The number of hydrogen-bond acceptors (Lipinski definition) is 3. The molecule has 1 saturated carbocycles. The number of thiazole rings is 1. The predicted molar refractivity (Wildman–Crippen MR) is 73.5 cm³/mol. The Labute approximate surface area is 107 Å². The zero-order valence-electron chi connectivity index (χ0n) is 10.6. The molecule has 1 aliphatic rings. The number of nitrogens with two attached hydrogens (primary N) is 1. The van der Waals surface area contributed by atoms with E-state index in [1.54, 1.807) is 11.3 Å². The molecule has 1 aliphatic carbocycles. The summed E-state index contributed by atoms with van der Waals surface area (Å²) in [5, 5.41) is 1.09. The van der Waals surface area contributed by atoms with Gasteiger partial charge in [0.05, 0.1) is 5.84 Å². The van der Waals surface area contributed by atoms with Crippen molar-refractivity contribution in [2.45, 2.75) is 52.0 Å². The lowest BCUT2D eigenvalue weighted by Gasteiger charge is -2.10. The number of amidine groups is 1. The van der Waals surface area contributed by atoms with Gasteiger partial charge in [-0.25, -0.2) is 4.98 Å². The van der Waals surface area contributed by atoms with Gasteiger partial charge in [-0.3, -0.25) is 4.99 Å². The van der Waals surface area contributed by atoms with Gasteiger partial charge in [-0.2, -0.15) is 0 Å². The number of aromatic nitrogens is 1. The van der Waals surface area contributed by atoms with Crippen LogP contribution in [0.1, 0.15) is 55.5 Å². The normalized spacial score (nSPS) is 19.8. The molecule has 3 nitrogen and oxygen atoms in total. The molecule has 1 atom stereocenters. The topological polar surface area (TPSA) is 51.3 Å². The number of aryl methyl sites for hydroxylation is 1. The first-order valence-electron chi connectivity index (χ1n) is 6.48. The van der Waals surface area contributed by atoms with E-state index in [9.17, 15) is 0 Å². The summed E-state index contributed by atoms with van der Waals surface area (Å²) < 4.78 is 0. The Morgan fingerprint density at radius 2 is 2.29 bits per heavy atom. The molecule has 17 heavy (non-hydrogen) atoms. The summed E-state index contributed by atoms with van der Waals surface area (Å²) in [6.45, 7) is 4.23. The van der Waals surface area contributed by atoms with E-state index in [1.807, 2.05) is 6.20 Å². The van der Waals surface area contributed by atoms with E-state index in [1.165, 1.54) is 30.6 Å². The Balaban J connectivity index is 2.03. The van der Waals surface area contributed by atoms with Crippen molar-refractivity contribution in [3.63, 3.8) is 0 Å². The summed E-state index contributed by atoms with van der Waals surface area (Å²) in [4.78, 5) is 10.4. The highest BCUT2D eigenvalue weighted by atomic mass is 32.1. The standard InChI is InChI=1S/C13H21N3S/c1-3-11-8-15-13(17-11)9(2)16-12(14)10-6-4-5-7-10/h8-10H,3-7H2,1-2H3,(H2,14,16). The first kappa shape index (κ1) is 12.6. The van der Waals surface area contributed by atoms with E-state index >= 15 is 0 Å². The van der Waals surface area contributed by atoms with Gasteiger partial charge in [-0.15, -0.1) is 11.3 Å². The molecule has 2 N–H and O–H groups in total. The molecule has 94 valence electrons. The molecule has 4 heteroatoms. The van der Waals surface area contributed by atoms with E-state index in [4.69, 9.17) is 5.73 Å². The Hall–Kier alpha value is -0.900. The maximum atomic E-state index is 6.08. The number of nitrogens with zero attached hydrogens (tertiary/aromatic N) is 2. The van der Waals surface area contributed by atoms with Crippen LogP contribution in [0, 0.1) is 5.92 Å². The highest BCUT2D eigenvalue weighted by molar-refractivity contribution is 7.11. The molecule has 0 spiro atoms. The van der Waals surface area contributed by atoms with Crippen LogP contribution < -0.4 is 5.73 Å². The van der Waals surface area contributed by atoms with Gasteiger partial charge in [0, 0.05) is 17.0 Å². The highest BCUT2D eigenvalue weighted by Crippen LogP contribution is 2.27. The Bertz CT molecular complexity index is 391. The van der Waals surface area contributed by atoms with Gasteiger partial charge in [0.1, 0.15) is 11.0 Å². The summed E-state index contributed by atoms with van der Waals surface area (Å²) in [7, 11) is 0. The predicted octanol–water partition coefficient (Wildman–Crippen LogP) is 3.31. The summed E-state index contributed by atoms with van der Waals surface area (Å²) in [6.07, 6.45) is 8.02. The van der Waals surface area contributed by atoms with E-state index in [0.717, 1.165) is 17.3 Å². The van der Waals surface area contributed by atoms with Crippen molar-refractivity contribution in [2.24, 2.45) is 16.6 Å². The third-order valence-electron chi connectivity index (χ3n) is 3.39. The molecular formula is C13H21N3S. The second-order valence-corrected chi connectivity index (χ2v) is 5.88. The average Bonchev–Trinajstić information content (AvgIpc) is 3.00. The average molecular weight is 251 g/mol. The minimum Gasteiger partial charge on any atom is -0.387 e. The maximum Gasteiger partial charge on any atom is 0.117 e. The van der Waals surface area contributed by atoms with Crippen LogP contribution in [0.4, 0.5) is 0 Å². The van der Waals surface area contributed by atoms with Crippen LogP contribution >= 0.6 is 11.3 Å². The highest BCUT2D eigenvalue weighted by Gasteiger charge is 2.19. The Kier molecular flexibility index (Phi) is 4.15. The summed E-state index contributed by atoms with van der Waals surface area (Å²) in [5.74, 6) is 1.35. The van der Waals surface area contributed by atoms with E-state index < -0.39 is 0 Å². The lowest BCUT2D eigenvalue weighted by atomic mass is 10.1. The quantitative estimate of drug-likeness (QED) is 0.659. The number of hydrogen-bond donors (Lipinski definition) is 1. The van der Waals surface area contributed by atoms with Crippen LogP contribution in [0.2, 0.25) is 0 Å². The van der Waals surface area contributed by atoms with Crippen molar-refractivity contribution in [2.75, 3.05) is 0 Å². The van der Waals surface area contributed by atoms with Crippen LogP contribution in [0.25, 0.3) is 0 Å². The summed E-state index contributed by atoms with van der Waals surface area (Å²) in [5.41, 5.74) is 6.08. The number of rotatable bonds is 4. The van der Waals surface area contributed by atoms with Gasteiger partial charge in [-0.05, 0) is 26.2 Å². The third-order valence-corrected chi connectivity index (χ3v) is 4.71. The third kappa shape index (κ3) is 3.06. The zero-order chi connectivity index (χ0) is 12.3. The Morgan fingerprint density at radius 1 is 1.59 bits per heavy atom. The number of aliphatic imine (C=N–C) groups is 1. The van der Waals surface area contributed by atoms with Crippen molar-refractivity contribution in [1.82, 2.24) is 4.98 Å². The fraction of sp³-hybridized carbons (Fsp3) is 0.692. The van der Waals surface area contributed by atoms with Crippen LogP contribution in [0.3, 0.4) is 0 Å². The fourth-order valence-corrected chi connectivity index (χ4v) is 3.13. The molecule has 0 bridgehead atoms. The first-order chi connectivity index (χ1) is 8.20. The van der Waals surface area contributed by atoms with Crippen LogP contribution in [-0.2, 0) is 6.42 Å². The van der Waals surface area contributed by atoms with Crippen molar-refractivity contribution in [1.29, 1.82) is 0 Å². The molecule has 1 unspecified atom stereocenters. The van der Waals surface area contributed by atoms with Crippen molar-refractivity contribution in [3.05, 3.63) is 16.1 Å². The largest absolute Gasteiger partial charge is 0.387 e. The van der Waals surface area contributed by atoms with Crippen molar-refractivity contribution >= 4 is 17.2 Å². The van der Waals surface area contributed by atoms with E-state index in [0.29, 0.717) is 5.92 Å². The fourth-order valence-electron chi connectivity index (χ4n) is 2.29. The zero-order valence-corrected chi connectivity index (χ0v) is 11.5. The van der Waals surface area contributed by atoms with Crippen LogP contribution in [-0.4, -0.2) is 10.8 Å². The molecule has 0 amide bonds. The Morgan fingerprint density at radius 3 is 2.88 bits per heavy atom. The van der Waals surface area contributed by atoms with Gasteiger partial charge < -0.3 is 5.73 Å². The molecule has 2 rings (SSSR count). The van der Waals surface area contributed by atoms with Gasteiger partial charge in [0.2, 0.25) is 0 Å². The van der Waals surface area contributed by atoms with Gasteiger partial charge >= 0.3 is 0 Å².